The molecule has 0 saturated carbocycles. The normalized spacial score (nSPS) is 19.4. The van der Waals surface area contributed by atoms with E-state index >= 15 is 0 Å². The van der Waals surface area contributed by atoms with Crippen LogP contribution in [-0.2, 0) is 19.6 Å². The highest BCUT2D eigenvalue weighted by Gasteiger charge is 2.34. The first kappa shape index (κ1) is 23.3. The third-order valence-electron chi connectivity index (χ3n) is 6.33. The number of aryl methyl sites for hydroxylation is 1. The summed E-state index contributed by atoms with van der Waals surface area (Å²) in [5.74, 6) is -0.0552. The first-order chi connectivity index (χ1) is 15.7. The molecule has 2 heterocycles. The average Bonchev–Trinajstić information content (AvgIpc) is 2.82. The quantitative estimate of drug-likeness (QED) is 0.723. The number of nitrogens with one attached hydrogen (secondary N) is 1. The van der Waals surface area contributed by atoms with Crippen molar-refractivity contribution in [1.29, 1.82) is 0 Å². The van der Waals surface area contributed by atoms with Gasteiger partial charge in [0.05, 0.1) is 10.6 Å². The summed E-state index contributed by atoms with van der Waals surface area (Å²) in [6.07, 6.45) is 0.863. The molecule has 4 rings (SSSR count). The number of rotatable bonds is 5. The Labute approximate surface area is 194 Å². The van der Waals surface area contributed by atoms with Gasteiger partial charge in [0.1, 0.15) is 5.75 Å². The molecule has 0 aliphatic carbocycles. The molecule has 33 heavy (non-hydrogen) atoms. The largest absolute Gasteiger partial charge is 0.478 e. The molecule has 2 aromatic carbocycles. The lowest BCUT2D eigenvalue weighted by Crippen LogP contribution is -2.43. The zero-order valence-electron chi connectivity index (χ0n) is 19.1. The van der Waals surface area contributed by atoms with Crippen molar-refractivity contribution in [2.75, 3.05) is 30.4 Å². The maximum Gasteiger partial charge on any atom is 0.265 e. The van der Waals surface area contributed by atoms with E-state index in [0.29, 0.717) is 30.7 Å². The van der Waals surface area contributed by atoms with Gasteiger partial charge in [0, 0.05) is 31.7 Å². The third kappa shape index (κ3) is 4.60. The summed E-state index contributed by atoms with van der Waals surface area (Å²) in [7, 11) is -2.00. The van der Waals surface area contributed by atoms with Gasteiger partial charge in [-0.05, 0) is 56.5 Å². The van der Waals surface area contributed by atoms with E-state index in [9.17, 15) is 18.0 Å². The van der Waals surface area contributed by atoms with Crippen LogP contribution in [0.4, 0.5) is 11.4 Å². The highest BCUT2D eigenvalue weighted by atomic mass is 32.2. The van der Waals surface area contributed by atoms with Gasteiger partial charge in [-0.1, -0.05) is 24.6 Å². The molecule has 1 atom stereocenters. The number of carbonyl (C=O) groups is 2. The molecule has 1 saturated heterocycles. The molecule has 0 bridgehead atoms. The number of amides is 2. The standard InChI is InChI=1S/C24H29N3O5S/c1-4-21-23(28)25-20-15-19(9-10-22(20)32-21)33(30,31)27-13-11-17(12-14-27)24(29)26(3)18-7-5-16(2)6-8-18/h5-10,15,17,21H,4,11-14H2,1-3H3,(H,25,28). The van der Waals surface area contributed by atoms with Gasteiger partial charge in [-0.2, -0.15) is 4.31 Å². The molecule has 0 radical (unpaired) electrons. The van der Waals surface area contributed by atoms with Gasteiger partial charge in [-0.3, -0.25) is 9.59 Å². The monoisotopic (exact) mass is 471 g/mol. The van der Waals surface area contributed by atoms with Crippen molar-refractivity contribution in [1.82, 2.24) is 4.31 Å². The van der Waals surface area contributed by atoms with E-state index in [2.05, 4.69) is 5.32 Å². The highest BCUT2D eigenvalue weighted by molar-refractivity contribution is 7.89. The Morgan fingerprint density at radius 2 is 1.82 bits per heavy atom. The molecular weight excluding hydrogens is 442 g/mol. The van der Waals surface area contributed by atoms with E-state index in [1.54, 1.807) is 18.0 Å². The van der Waals surface area contributed by atoms with Gasteiger partial charge in [-0.15, -0.1) is 0 Å². The summed E-state index contributed by atoms with van der Waals surface area (Å²) in [4.78, 5) is 26.8. The predicted octanol–water partition coefficient (Wildman–Crippen LogP) is 3.17. The number of hydrogen-bond acceptors (Lipinski definition) is 5. The number of fused-ring (bicyclic) bond motifs is 1. The number of anilines is 2. The fourth-order valence-corrected chi connectivity index (χ4v) is 5.72. The maximum atomic E-state index is 13.2. The van der Waals surface area contributed by atoms with Crippen LogP contribution >= 0.6 is 0 Å². The fourth-order valence-electron chi connectivity index (χ4n) is 4.22. The molecule has 2 amide bonds. The molecule has 0 spiro atoms. The minimum absolute atomic E-state index is 0.00461. The smallest absolute Gasteiger partial charge is 0.265 e. The summed E-state index contributed by atoms with van der Waals surface area (Å²) in [5, 5.41) is 2.73. The average molecular weight is 472 g/mol. The number of ether oxygens (including phenoxy) is 1. The Kier molecular flexibility index (Phi) is 6.45. The van der Waals surface area contributed by atoms with Gasteiger partial charge >= 0.3 is 0 Å². The first-order valence-electron chi connectivity index (χ1n) is 11.2. The SMILES string of the molecule is CCC1Oc2ccc(S(=O)(=O)N3CCC(C(=O)N(C)c4ccc(C)cc4)CC3)cc2NC1=O. The lowest BCUT2D eigenvalue weighted by Gasteiger charge is -2.33. The lowest BCUT2D eigenvalue weighted by atomic mass is 9.96. The van der Waals surface area contributed by atoms with Gasteiger partial charge in [0.15, 0.2) is 6.10 Å². The molecule has 9 heteroatoms. The van der Waals surface area contributed by atoms with Crippen molar-refractivity contribution in [3.8, 4) is 5.75 Å². The second-order valence-electron chi connectivity index (χ2n) is 8.57. The van der Waals surface area contributed by atoms with E-state index in [0.717, 1.165) is 11.3 Å². The Hall–Kier alpha value is -2.91. The molecule has 176 valence electrons. The molecule has 2 aliphatic heterocycles. The molecule has 8 nitrogen and oxygen atoms in total. The number of benzene rings is 2. The summed E-state index contributed by atoms with van der Waals surface area (Å²) >= 11 is 0. The van der Waals surface area contributed by atoms with Crippen LogP contribution in [-0.4, -0.2) is 50.8 Å². The lowest BCUT2D eigenvalue weighted by molar-refractivity contribution is -0.124. The summed E-state index contributed by atoms with van der Waals surface area (Å²) < 4.78 is 33.5. The van der Waals surface area contributed by atoms with Crippen LogP contribution in [0.3, 0.4) is 0 Å². The number of hydrogen-bond donors (Lipinski definition) is 1. The summed E-state index contributed by atoms with van der Waals surface area (Å²) in [6, 6.07) is 12.3. The number of carbonyl (C=O) groups excluding carboxylic acids is 2. The molecule has 1 unspecified atom stereocenters. The molecular formula is C24H29N3O5S. The number of piperidine rings is 1. The van der Waals surface area contributed by atoms with Crippen molar-refractivity contribution in [2.24, 2.45) is 5.92 Å². The number of sulfonamides is 1. The van der Waals surface area contributed by atoms with Crippen LogP contribution in [0.5, 0.6) is 5.75 Å². The number of nitrogens with zero attached hydrogens (tertiary/aromatic N) is 2. The van der Waals surface area contributed by atoms with E-state index in [-0.39, 0.29) is 35.7 Å². The second-order valence-corrected chi connectivity index (χ2v) is 10.5. The Morgan fingerprint density at radius 3 is 2.45 bits per heavy atom. The van der Waals surface area contributed by atoms with Crippen molar-refractivity contribution in [3.63, 3.8) is 0 Å². The maximum absolute atomic E-state index is 13.2. The van der Waals surface area contributed by atoms with Crippen LogP contribution < -0.4 is 15.0 Å². The van der Waals surface area contributed by atoms with Gasteiger partial charge < -0.3 is 15.0 Å². The zero-order valence-corrected chi connectivity index (χ0v) is 19.9. The van der Waals surface area contributed by atoms with Crippen molar-refractivity contribution in [2.45, 2.75) is 44.1 Å². The van der Waals surface area contributed by atoms with Crippen LogP contribution in [0.1, 0.15) is 31.7 Å². The minimum atomic E-state index is -3.76. The topological polar surface area (TPSA) is 96.0 Å². The predicted molar refractivity (Wildman–Crippen MR) is 126 cm³/mol. The highest BCUT2D eigenvalue weighted by Crippen LogP contribution is 2.34. The van der Waals surface area contributed by atoms with E-state index < -0.39 is 16.1 Å². The summed E-state index contributed by atoms with van der Waals surface area (Å²) in [6.45, 7) is 4.37. The van der Waals surface area contributed by atoms with Crippen LogP contribution in [0.25, 0.3) is 0 Å². The minimum Gasteiger partial charge on any atom is -0.478 e. The second kappa shape index (κ2) is 9.15. The Bertz CT molecular complexity index is 1160. The van der Waals surface area contributed by atoms with E-state index in [1.807, 2.05) is 38.1 Å². The zero-order chi connectivity index (χ0) is 23.8. The Balaban J connectivity index is 1.43. The van der Waals surface area contributed by atoms with E-state index in [4.69, 9.17) is 4.74 Å². The fraction of sp³-hybridized carbons (Fsp3) is 0.417. The van der Waals surface area contributed by atoms with Gasteiger partial charge in [0.25, 0.3) is 5.91 Å². The van der Waals surface area contributed by atoms with Gasteiger partial charge in [-0.25, -0.2) is 8.42 Å². The van der Waals surface area contributed by atoms with Gasteiger partial charge in [0.2, 0.25) is 15.9 Å². The molecule has 2 aliphatic rings. The summed E-state index contributed by atoms with van der Waals surface area (Å²) in [5.41, 5.74) is 2.30. The molecule has 1 fully saturated rings. The van der Waals surface area contributed by atoms with Crippen LogP contribution in [0.2, 0.25) is 0 Å². The molecule has 2 aromatic rings. The third-order valence-corrected chi connectivity index (χ3v) is 8.23. The molecule has 0 aromatic heterocycles. The van der Waals surface area contributed by atoms with Crippen LogP contribution in [0, 0.1) is 12.8 Å². The first-order valence-corrected chi connectivity index (χ1v) is 12.6. The Morgan fingerprint density at radius 1 is 1.15 bits per heavy atom. The van der Waals surface area contributed by atoms with Crippen molar-refractivity contribution < 1.29 is 22.7 Å². The van der Waals surface area contributed by atoms with Crippen LogP contribution in [0.15, 0.2) is 47.4 Å². The van der Waals surface area contributed by atoms with E-state index in [1.165, 1.54) is 16.4 Å². The van der Waals surface area contributed by atoms with Crippen molar-refractivity contribution in [3.05, 3.63) is 48.0 Å². The molecule has 1 N–H and O–H groups in total. The van der Waals surface area contributed by atoms with Crippen molar-refractivity contribution >= 4 is 33.2 Å².